The molecule has 0 atom stereocenters. The number of aliphatic hydroxyl groups is 1. The van der Waals surface area contributed by atoms with Gasteiger partial charge in [-0.1, -0.05) is 32.9 Å². The number of fused-ring (bicyclic) bond motifs is 1. The molecule has 0 bridgehead atoms. The quantitative estimate of drug-likeness (QED) is 0.168. The third-order valence-corrected chi connectivity index (χ3v) is 6.25. The van der Waals surface area contributed by atoms with Gasteiger partial charge >= 0.3 is 0 Å². The first-order valence-electron chi connectivity index (χ1n) is 12.0. The van der Waals surface area contributed by atoms with Gasteiger partial charge in [0.25, 0.3) is 17.6 Å². The monoisotopic (exact) mass is 551 g/mol. The lowest BCUT2D eigenvalue weighted by atomic mass is 9.86. The van der Waals surface area contributed by atoms with Crippen LogP contribution in [-0.4, -0.2) is 49.0 Å². The first-order chi connectivity index (χ1) is 18.8. The number of guanidine groups is 1. The Labute approximate surface area is 228 Å². The Hall–Kier alpha value is -4.91. The highest BCUT2D eigenvalue weighted by atomic mass is 19.1. The number of benzene rings is 2. The second-order valence-electron chi connectivity index (χ2n) is 9.91. The van der Waals surface area contributed by atoms with Crippen molar-refractivity contribution in [3.8, 4) is 16.9 Å². The molecule has 2 aromatic carbocycles. The number of carboxylic acid groups (broad SMARTS) is 1. The Bertz CT molecular complexity index is 1720. The summed E-state index contributed by atoms with van der Waals surface area (Å²) in [5, 5.41) is 29.4. The number of halogens is 1. The molecule has 0 saturated carbocycles. The van der Waals surface area contributed by atoms with Gasteiger partial charge in [0.15, 0.2) is 5.96 Å². The molecule has 0 amide bonds. The average Bonchev–Trinajstić information content (AvgIpc) is 2.89. The lowest BCUT2D eigenvalue weighted by Gasteiger charge is -2.20. The maximum Gasteiger partial charge on any atom is 0.293 e. The van der Waals surface area contributed by atoms with E-state index in [0.29, 0.717) is 22.2 Å². The van der Waals surface area contributed by atoms with Gasteiger partial charge in [0.05, 0.1) is 29.6 Å². The van der Waals surface area contributed by atoms with Crippen LogP contribution in [0.3, 0.4) is 0 Å². The minimum Gasteiger partial charge on any atom is -0.483 e. The van der Waals surface area contributed by atoms with Crippen molar-refractivity contribution in [1.29, 1.82) is 5.41 Å². The second-order valence-corrected chi connectivity index (χ2v) is 9.91. The summed E-state index contributed by atoms with van der Waals surface area (Å²) in [4.78, 5) is 39.9. The van der Waals surface area contributed by atoms with Crippen LogP contribution in [0.5, 0.6) is 0 Å². The molecule has 210 valence electrons. The van der Waals surface area contributed by atoms with Crippen LogP contribution in [-0.2, 0) is 23.9 Å². The Morgan fingerprint density at radius 3 is 2.45 bits per heavy atom. The average molecular weight is 552 g/mol. The smallest absolute Gasteiger partial charge is 0.293 e. The van der Waals surface area contributed by atoms with Crippen molar-refractivity contribution in [1.82, 2.24) is 19.3 Å². The van der Waals surface area contributed by atoms with Crippen LogP contribution in [0.15, 0.2) is 52.3 Å². The number of nitrogens with zero attached hydrogens (tertiary/aromatic N) is 5. The van der Waals surface area contributed by atoms with E-state index in [-0.39, 0.29) is 34.7 Å². The zero-order chi connectivity index (χ0) is 29.9. The van der Waals surface area contributed by atoms with Crippen molar-refractivity contribution in [3.63, 3.8) is 0 Å². The maximum atomic E-state index is 15.2. The molecule has 2 aromatic heterocycles. The van der Waals surface area contributed by atoms with Crippen LogP contribution in [0.25, 0.3) is 27.7 Å². The van der Waals surface area contributed by atoms with Crippen molar-refractivity contribution in [2.45, 2.75) is 32.8 Å². The summed E-state index contributed by atoms with van der Waals surface area (Å²) in [6.07, 6.45) is 2.90. The second kappa shape index (κ2) is 11.5. The first kappa shape index (κ1) is 29.6. The van der Waals surface area contributed by atoms with E-state index in [2.05, 4.69) is 10.1 Å². The van der Waals surface area contributed by atoms with Gasteiger partial charge in [-0.2, -0.15) is 9.78 Å². The summed E-state index contributed by atoms with van der Waals surface area (Å²) in [6, 6.07) is 8.01. The molecular weight excluding hydrogens is 521 g/mol. The summed E-state index contributed by atoms with van der Waals surface area (Å²) >= 11 is 0. The zero-order valence-electron chi connectivity index (χ0n) is 22.6. The minimum atomic E-state index is -0.673. The lowest BCUT2D eigenvalue weighted by molar-refractivity contribution is -0.122. The minimum absolute atomic E-state index is 0.0838. The molecule has 0 radical (unpaired) electrons. The summed E-state index contributed by atoms with van der Waals surface area (Å²) in [5.41, 5.74) is 6.07. The highest BCUT2D eigenvalue weighted by Gasteiger charge is 2.21. The normalized spacial score (nSPS) is 11.1. The molecule has 0 aliphatic carbocycles. The Kier molecular flexibility index (Phi) is 8.49. The molecule has 40 heavy (non-hydrogen) atoms. The van der Waals surface area contributed by atoms with E-state index < -0.39 is 23.5 Å². The van der Waals surface area contributed by atoms with E-state index >= 15 is 4.39 Å². The van der Waals surface area contributed by atoms with Gasteiger partial charge in [0.2, 0.25) is 5.82 Å². The molecule has 0 saturated heterocycles. The summed E-state index contributed by atoms with van der Waals surface area (Å²) < 4.78 is 17.5. The number of aromatic nitrogens is 4. The molecule has 5 N–H and O–H groups in total. The van der Waals surface area contributed by atoms with Crippen molar-refractivity contribution < 1.29 is 19.4 Å². The van der Waals surface area contributed by atoms with E-state index in [1.807, 2.05) is 20.8 Å². The first-order valence-corrected chi connectivity index (χ1v) is 12.0. The highest BCUT2D eigenvalue weighted by Crippen LogP contribution is 2.29. The van der Waals surface area contributed by atoms with Gasteiger partial charge in [0, 0.05) is 36.8 Å². The van der Waals surface area contributed by atoms with E-state index in [1.165, 1.54) is 37.1 Å². The fourth-order valence-electron chi connectivity index (χ4n) is 4.07. The van der Waals surface area contributed by atoms with Gasteiger partial charge in [0.1, 0.15) is 5.82 Å². The molecule has 0 aliphatic rings. The number of anilines is 1. The van der Waals surface area contributed by atoms with E-state index in [1.54, 1.807) is 24.3 Å². The Balaban J connectivity index is 0.00000141. The van der Waals surface area contributed by atoms with Crippen molar-refractivity contribution >= 4 is 29.0 Å². The number of nitrogens with one attached hydrogen (secondary N) is 1. The van der Waals surface area contributed by atoms with Crippen molar-refractivity contribution in [2.24, 2.45) is 12.8 Å². The van der Waals surface area contributed by atoms with E-state index in [0.717, 1.165) is 15.1 Å². The largest absolute Gasteiger partial charge is 0.483 e. The molecule has 12 nitrogen and oxygen atoms in total. The van der Waals surface area contributed by atoms with Gasteiger partial charge in [-0.3, -0.25) is 24.7 Å². The predicted molar refractivity (Wildman–Crippen MR) is 149 cm³/mol. The molecule has 0 unspecified atom stereocenters. The Morgan fingerprint density at radius 1 is 1.23 bits per heavy atom. The predicted octanol–water partition coefficient (Wildman–Crippen LogP) is 2.11. The number of hydrogen-bond donors (Lipinski definition) is 4. The third kappa shape index (κ3) is 5.59. The maximum absolute atomic E-state index is 15.2. The van der Waals surface area contributed by atoms with Gasteiger partial charge in [-0.15, -0.1) is 0 Å². The standard InChI is InChI=1S/C26H28FN7O3.CH2O2/c1-26(2,3)15-9-14-11-30-34(23(36)21(14)18(27)10-15)20-8-6-7-16(17(20)13-35)19-12-32(4)24(37)22(31-19)33(5)25(28)29;2-1-3/h6-12,35H,13H2,1-5H3,(H3,28,29);1H,(H,2,3). The molecule has 0 fully saturated rings. The molecule has 4 rings (SSSR count). The third-order valence-electron chi connectivity index (χ3n) is 6.25. The SMILES string of the molecule is CN(C(=N)N)c1nc(-c2cccc(-n3ncc4cc(C(C)(C)C)cc(F)c4c3=O)c2CO)cn(C)c1=O.O=CO. The number of nitrogens with two attached hydrogens (primary N) is 1. The Morgan fingerprint density at radius 2 is 1.88 bits per heavy atom. The van der Waals surface area contributed by atoms with Gasteiger partial charge in [-0.05, 0) is 29.2 Å². The van der Waals surface area contributed by atoms with Crippen LogP contribution in [0.1, 0.15) is 31.9 Å². The van der Waals surface area contributed by atoms with E-state index in [4.69, 9.17) is 21.0 Å². The van der Waals surface area contributed by atoms with E-state index in [9.17, 15) is 14.7 Å². The zero-order valence-corrected chi connectivity index (χ0v) is 22.6. The lowest BCUT2D eigenvalue weighted by Crippen LogP contribution is -2.38. The number of aryl methyl sites for hydroxylation is 1. The van der Waals surface area contributed by atoms with Crippen molar-refractivity contribution in [2.75, 3.05) is 11.9 Å². The topological polar surface area (TPSA) is 180 Å². The fraction of sp³-hybridized carbons (Fsp3) is 0.259. The molecule has 2 heterocycles. The van der Waals surface area contributed by atoms with Crippen LogP contribution < -0.4 is 21.8 Å². The molecule has 4 aromatic rings. The van der Waals surface area contributed by atoms with Gasteiger partial charge in [-0.25, -0.2) is 9.37 Å². The number of aliphatic hydroxyl groups excluding tert-OH is 1. The van der Waals surface area contributed by atoms with Crippen LogP contribution in [0, 0.1) is 11.2 Å². The number of hydrogen-bond acceptors (Lipinski definition) is 7. The van der Waals surface area contributed by atoms with Crippen LogP contribution >= 0.6 is 0 Å². The fourth-order valence-corrected chi connectivity index (χ4v) is 4.07. The number of carbonyl (C=O) groups is 1. The molecule has 0 aliphatic heterocycles. The van der Waals surface area contributed by atoms with Gasteiger partial charge < -0.3 is 20.5 Å². The van der Waals surface area contributed by atoms with Crippen LogP contribution in [0.2, 0.25) is 0 Å². The molecule has 0 spiro atoms. The summed E-state index contributed by atoms with van der Waals surface area (Å²) in [5.74, 6) is -1.11. The summed E-state index contributed by atoms with van der Waals surface area (Å²) in [6.45, 7) is 5.11. The van der Waals surface area contributed by atoms with Crippen LogP contribution in [0.4, 0.5) is 10.2 Å². The molecule has 13 heteroatoms. The van der Waals surface area contributed by atoms with Crippen molar-refractivity contribution in [3.05, 3.63) is 80.4 Å². The molecular formula is C27H30FN7O5. The summed E-state index contributed by atoms with van der Waals surface area (Å²) in [7, 11) is 2.97. The number of rotatable bonds is 4. The highest BCUT2D eigenvalue weighted by molar-refractivity contribution is 5.91.